The molecule has 2 rings (SSSR count). The lowest BCUT2D eigenvalue weighted by Gasteiger charge is -2.32. The molecule has 1 fully saturated rings. The molecule has 2 unspecified atom stereocenters. The molecule has 0 bridgehead atoms. The second-order valence-electron chi connectivity index (χ2n) is 5.27. The second-order valence-corrected chi connectivity index (χ2v) is 8.26. The van der Waals surface area contributed by atoms with Crippen LogP contribution >= 0.6 is 15.9 Å². The maximum Gasteiger partial charge on any atom is 0.301 e. The Morgan fingerprint density at radius 3 is 2.70 bits per heavy atom. The first-order chi connectivity index (χ1) is 9.42. The Bertz CT molecular complexity index is 560. The van der Waals surface area contributed by atoms with Gasteiger partial charge in [0.05, 0.1) is 5.69 Å². The summed E-state index contributed by atoms with van der Waals surface area (Å²) in [5, 5.41) is 0. The highest BCUT2D eigenvalue weighted by atomic mass is 79.9. The van der Waals surface area contributed by atoms with Gasteiger partial charge in [-0.1, -0.05) is 40.5 Å². The molecule has 0 saturated carbocycles. The number of nitrogens with zero attached hydrogens (tertiary/aromatic N) is 1. The van der Waals surface area contributed by atoms with Crippen LogP contribution in [0.15, 0.2) is 24.3 Å². The summed E-state index contributed by atoms with van der Waals surface area (Å²) < 4.78 is 29.4. The molecule has 0 aliphatic carbocycles. The van der Waals surface area contributed by atoms with Crippen LogP contribution in [0.25, 0.3) is 0 Å². The molecule has 1 saturated heterocycles. The summed E-state index contributed by atoms with van der Waals surface area (Å²) in [6.45, 7) is 4.55. The number of para-hydroxylation sites is 1. The minimum Gasteiger partial charge on any atom is -0.271 e. The number of hydrogen-bond donors (Lipinski definition) is 1. The maximum absolute atomic E-state index is 12.5. The first-order valence-electron chi connectivity index (χ1n) is 6.94. The predicted octanol–water partition coefficient (Wildman–Crippen LogP) is 3.67. The van der Waals surface area contributed by atoms with Crippen LogP contribution in [0.5, 0.6) is 0 Å². The van der Waals surface area contributed by atoms with Crippen molar-refractivity contribution in [3.05, 3.63) is 29.8 Å². The van der Waals surface area contributed by atoms with Crippen LogP contribution in [0.4, 0.5) is 5.69 Å². The molecule has 1 aliphatic rings. The molecule has 112 valence electrons. The van der Waals surface area contributed by atoms with E-state index in [1.807, 2.05) is 32.0 Å². The Kier molecular flexibility index (Phi) is 5.09. The van der Waals surface area contributed by atoms with Crippen molar-refractivity contribution in [3.63, 3.8) is 0 Å². The van der Waals surface area contributed by atoms with Gasteiger partial charge in [0.15, 0.2) is 0 Å². The van der Waals surface area contributed by atoms with Gasteiger partial charge < -0.3 is 0 Å². The van der Waals surface area contributed by atoms with Crippen molar-refractivity contribution in [2.45, 2.75) is 44.0 Å². The SMILES string of the molecule is CC(Br)c1ccccc1NS(=O)(=O)N1CCCCC1C. The lowest BCUT2D eigenvalue weighted by molar-refractivity contribution is 0.270. The van der Waals surface area contributed by atoms with Gasteiger partial charge in [0.2, 0.25) is 0 Å². The number of nitrogens with one attached hydrogen (secondary N) is 1. The van der Waals surface area contributed by atoms with Gasteiger partial charge in [-0.15, -0.1) is 0 Å². The van der Waals surface area contributed by atoms with E-state index in [1.165, 1.54) is 0 Å². The van der Waals surface area contributed by atoms with Gasteiger partial charge in [-0.25, -0.2) is 0 Å². The monoisotopic (exact) mass is 360 g/mol. The standard InChI is InChI=1S/C14H21BrN2O2S/c1-11-7-5-6-10-17(11)20(18,19)16-14-9-4-3-8-13(14)12(2)15/h3-4,8-9,11-12,16H,5-7,10H2,1-2H3. The average Bonchev–Trinajstić information content (AvgIpc) is 2.39. The van der Waals surface area contributed by atoms with Gasteiger partial charge in [0.25, 0.3) is 0 Å². The molecule has 2 atom stereocenters. The Morgan fingerprint density at radius 2 is 2.05 bits per heavy atom. The number of benzene rings is 1. The largest absolute Gasteiger partial charge is 0.301 e. The fourth-order valence-corrected chi connectivity index (χ4v) is 4.49. The lowest BCUT2D eigenvalue weighted by atomic mass is 10.1. The topological polar surface area (TPSA) is 49.4 Å². The normalized spacial score (nSPS) is 22.4. The minimum absolute atomic E-state index is 0.0646. The fraction of sp³-hybridized carbons (Fsp3) is 0.571. The van der Waals surface area contributed by atoms with Crippen molar-refractivity contribution in [2.75, 3.05) is 11.3 Å². The number of rotatable bonds is 4. The van der Waals surface area contributed by atoms with Gasteiger partial charge in [-0.3, -0.25) is 4.72 Å². The highest BCUT2D eigenvalue weighted by Crippen LogP contribution is 2.30. The van der Waals surface area contributed by atoms with E-state index in [-0.39, 0.29) is 10.9 Å². The third-order valence-corrected chi connectivity index (χ3v) is 5.81. The van der Waals surface area contributed by atoms with E-state index < -0.39 is 10.2 Å². The number of alkyl halides is 1. The van der Waals surface area contributed by atoms with Crippen LogP contribution in [-0.2, 0) is 10.2 Å². The van der Waals surface area contributed by atoms with Gasteiger partial charge in [0, 0.05) is 17.4 Å². The van der Waals surface area contributed by atoms with Crippen molar-refractivity contribution in [1.82, 2.24) is 4.31 Å². The van der Waals surface area contributed by atoms with Crippen molar-refractivity contribution >= 4 is 31.8 Å². The molecule has 1 N–H and O–H groups in total. The van der Waals surface area contributed by atoms with E-state index in [1.54, 1.807) is 10.4 Å². The zero-order valence-corrected chi connectivity index (χ0v) is 14.2. The molecule has 1 aromatic carbocycles. The number of hydrogen-bond acceptors (Lipinski definition) is 2. The summed E-state index contributed by atoms with van der Waals surface area (Å²) in [6.07, 6.45) is 2.96. The van der Waals surface area contributed by atoms with Crippen LogP contribution < -0.4 is 4.72 Å². The first-order valence-corrected chi connectivity index (χ1v) is 9.30. The van der Waals surface area contributed by atoms with Crippen LogP contribution in [0.2, 0.25) is 0 Å². The van der Waals surface area contributed by atoms with E-state index in [0.717, 1.165) is 24.8 Å². The molecule has 0 radical (unpaired) electrons. The molecule has 6 heteroatoms. The molecule has 1 aromatic rings. The van der Waals surface area contributed by atoms with Crippen molar-refractivity contribution < 1.29 is 8.42 Å². The third-order valence-electron chi connectivity index (χ3n) is 3.68. The first kappa shape index (κ1) is 15.8. The fourth-order valence-electron chi connectivity index (χ4n) is 2.56. The summed E-state index contributed by atoms with van der Waals surface area (Å²) in [4.78, 5) is 0.0974. The van der Waals surface area contributed by atoms with Crippen LogP contribution in [0, 0.1) is 0 Å². The van der Waals surface area contributed by atoms with E-state index in [4.69, 9.17) is 0 Å². The molecule has 0 aromatic heterocycles. The second kappa shape index (κ2) is 6.45. The zero-order chi connectivity index (χ0) is 14.8. The van der Waals surface area contributed by atoms with Crippen LogP contribution in [0.1, 0.15) is 43.5 Å². The molecule has 1 aliphatic heterocycles. The van der Waals surface area contributed by atoms with Gasteiger partial charge in [-0.05, 0) is 38.3 Å². The van der Waals surface area contributed by atoms with Gasteiger partial charge >= 0.3 is 10.2 Å². The van der Waals surface area contributed by atoms with Crippen molar-refractivity contribution in [1.29, 1.82) is 0 Å². The summed E-state index contributed by atoms with van der Waals surface area (Å²) in [5.74, 6) is 0. The van der Waals surface area contributed by atoms with E-state index >= 15 is 0 Å². The summed E-state index contributed by atoms with van der Waals surface area (Å²) in [5.41, 5.74) is 1.59. The molecule has 20 heavy (non-hydrogen) atoms. The third kappa shape index (κ3) is 3.54. The highest BCUT2D eigenvalue weighted by molar-refractivity contribution is 9.09. The lowest BCUT2D eigenvalue weighted by Crippen LogP contribution is -2.44. The smallest absolute Gasteiger partial charge is 0.271 e. The molecule has 0 amide bonds. The van der Waals surface area contributed by atoms with E-state index in [0.29, 0.717) is 12.2 Å². The molecular weight excluding hydrogens is 340 g/mol. The molecule has 1 heterocycles. The number of anilines is 1. The predicted molar refractivity (Wildman–Crippen MR) is 86.3 cm³/mol. The number of halogens is 1. The average molecular weight is 361 g/mol. The van der Waals surface area contributed by atoms with Crippen LogP contribution in [0.3, 0.4) is 0 Å². The Labute approximate surface area is 129 Å². The van der Waals surface area contributed by atoms with Gasteiger partial charge in [-0.2, -0.15) is 12.7 Å². The molecule has 0 spiro atoms. The quantitative estimate of drug-likeness (QED) is 0.832. The van der Waals surface area contributed by atoms with E-state index in [2.05, 4.69) is 20.7 Å². The maximum atomic E-state index is 12.5. The summed E-state index contributed by atoms with van der Waals surface area (Å²) in [6, 6.07) is 7.55. The molecular formula is C14H21BrN2O2S. The summed E-state index contributed by atoms with van der Waals surface area (Å²) >= 11 is 3.50. The Balaban J connectivity index is 2.24. The van der Waals surface area contributed by atoms with E-state index in [9.17, 15) is 8.42 Å². The van der Waals surface area contributed by atoms with Crippen molar-refractivity contribution in [3.8, 4) is 0 Å². The van der Waals surface area contributed by atoms with Crippen LogP contribution in [-0.4, -0.2) is 25.3 Å². The number of piperidine rings is 1. The molecule has 4 nitrogen and oxygen atoms in total. The van der Waals surface area contributed by atoms with Gasteiger partial charge in [0.1, 0.15) is 0 Å². The minimum atomic E-state index is -3.48. The highest BCUT2D eigenvalue weighted by Gasteiger charge is 2.29. The summed E-state index contributed by atoms with van der Waals surface area (Å²) in [7, 11) is -3.48. The Morgan fingerprint density at radius 1 is 1.35 bits per heavy atom. The Hall–Kier alpha value is -0.590. The zero-order valence-electron chi connectivity index (χ0n) is 11.8. The van der Waals surface area contributed by atoms with Crippen molar-refractivity contribution in [2.24, 2.45) is 0 Å².